The molecule has 0 amide bonds. The second-order valence-electron chi connectivity index (χ2n) is 9.09. The number of hydrogen-bond donors (Lipinski definition) is 1. The number of nitrogens with zero attached hydrogens (tertiary/aromatic N) is 2. The van der Waals surface area contributed by atoms with Crippen LogP contribution >= 0.6 is 0 Å². The number of fused-ring (bicyclic) bond motifs is 2. The Kier molecular flexibility index (Phi) is 6.11. The first-order valence-electron chi connectivity index (χ1n) is 11.6. The molecule has 0 aliphatic carbocycles. The summed E-state index contributed by atoms with van der Waals surface area (Å²) in [4.78, 5) is 10.6. The van der Waals surface area contributed by atoms with Gasteiger partial charge in [-0.1, -0.05) is 36.4 Å². The Hall–Kier alpha value is -3.23. The highest BCUT2D eigenvalue weighted by Gasteiger charge is 2.32. The first-order valence-corrected chi connectivity index (χ1v) is 13.1. The first-order chi connectivity index (χ1) is 16.8. The summed E-state index contributed by atoms with van der Waals surface area (Å²) in [5, 5.41) is -0.152. The lowest BCUT2D eigenvalue weighted by molar-refractivity contribution is 0.386. The lowest BCUT2D eigenvalue weighted by Gasteiger charge is -2.31. The third-order valence-electron chi connectivity index (χ3n) is 6.95. The number of rotatable bonds is 6. The Bertz CT molecular complexity index is 1510. The van der Waals surface area contributed by atoms with Crippen molar-refractivity contribution in [3.05, 3.63) is 94.1 Å². The molecule has 0 radical (unpaired) electrons. The number of benzene rings is 2. The molecule has 2 aromatic carbocycles. The number of halogens is 1. The summed E-state index contributed by atoms with van der Waals surface area (Å²) in [6.45, 7) is 5.47. The third-order valence-corrected chi connectivity index (χ3v) is 8.52. The van der Waals surface area contributed by atoms with Crippen molar-refractivity contribution in [1.29, 1.82) is 0 Å². The van der Waals surface area contributed by atoms with E-state index in [1.807, 2.05) is 26.0 Å². The molecule has 0 spiro atoms. The quantitative estimate of drug-likeness (QED) is 0.377. The topological polar surface area (TPSA) is 75.3 Å². The molecule has 1 atom stereocenters. The van der Waals surface area contributed by atoms with Gasteiger partial charge in [0.05, 0.1) is 18.3 Å². The monoisotopic (exact) mass is 493 g/mol. The molecule has 8 heteroatoms. The van der Waals surface area contributed by atoms with Crippen LogP contribution in [0.15, 0.2) is 54.6 Å². The smallest absolute Gasteiger partial charge is 0.276 e. The molecule has 0 fully saturated rings. The van der Waals surface area contributed by atoms with E-state index in [1.165, 1.54) is 23.3 Å². The van der Waals surface area contributed by atoms with Gasteiger partial charge in [-0.2, -0.15) is 8.42 Å². The van der Waals surface area contributed by atoms with Gasteiger partial charge in [0.15, 0.2) is 5.82 Å². The van der Waals surface area contributed by atoms with Crippen molar-refractivity contribution >= 4 is 26.8 Å². The number of aryl methyl sites for hydroxylation is 2. The van der Waals surface area contributed by atoms with Gasteiger partial charge in [0, 0.05) is 24.2 Å². The molecule has 35 heavy (non-hydrogen) atoms. The molecule has 5 rings (SSSR count). The Morgan fingerprint density at radius 3 is 2.63 bits per heavy atom. The zero-order chi connectivity index (χ0) is 24.7. The third kappa shape index (κ3) is 4.44. The Morgan fingerprint density at radius 1 is 1.11 bits per heavy atom. The zero-order valence-corrected chi connectivity index (χ0v) is 20.8. The van der Waals surface area contributed by atoms with Crippen LogP contribution in [0.2, 0.25) is 0 Å². The number of hydrogen-bond acceptors (Lipinski definition) is 5. The number of pyridine rings is 1. The summed E-state index contributed by atoms with van der Waals surface area (Å²) < 4.78 is 45.0. The summed E-state index contributed by atoms with van der Waals surface area (Å²) in [7, 11) is -2.86. The van der Waals surface area contributed by atoms with Crippen LogP contribution in [0.5, 0.6) is 0 Å². The number of anilines is 1. The number of nitrogens with one attached hydrogen (secondary N) is 1. The molecular formula is C27H28FN3O3S. The molecule has 3 heterocycles. The van der Waals surface area contributed by atoms with Crippen LogP contribution < -0.4 is 4.90 Å². The fourth-order valence-electron chi connectivity index (χ4n) is 4.87. The molecule has 1 aliphatic rings. The van der Waals surface area contributed by atoms with Crippen molar-refractivity contribution in [2.75, 3.05) is 18.6 Å². The maximum absolute atomic E-state index is 13.9. The highest BCUT2D eigenvalue weighted by atomic mass is 32.2. The lowest BCUT2D eigenvalue weighted by atomic mass is 9.99. The maximum atomic E-state index is 13.9. The lowest BCUT2D eigenvalue weighted by Crippen LogP contribution is -2.31. The largest absolute Gasteiger partial charge is 0.355 e. The highest BCUT2D eigenvalue weighted by Crippen LogP contribution is 2.36. The molecule has 0 saturated carbocycles. The van der Waals surface area contributed by atoms with Crippen LogP contribution in [0.4, 0.5) is 10.2 Å². The molecule has 4 aromatic rings. The van der Waals surface area contributed by atoms with Gasteiger partial charge in [-0.15, -0.1) is 0 Å². The van der Waals surface area contributed by atoms with Crippen molar-refractivity contribution in [1.82, 2.24) is 9.97 Å². The predicted octanol–water partition coefficient (Wildman–Crippen LogP) is 5.14. The summed E-state index contributed by atoms with van der Waals surface area (Å²) in [6.07, 6.45) is 0.933. The Morgan fingerprint density at radius 2 is 1.89 bits per heavy atom. The second-order valence-corrected chi connectivity index (χ2v) is 11.0. The highest BCUT2D eigenvalue weighted by molar-refractivity contribution is 7.87. The molecule has 1 unspecified atom stereocenters. The minimum Gasteiger partial charge on any atom is -0.355 e. The summed E-state index contributed by atoms with van der Waals surface area (Å²) in [6, 6.07) is 16.2. The van der Waals surface area contributed by atoms with Crippen LogP contribution in [-0.2, 0) is 33.7 Å². The van der Waals surface area contributed by atoms with Crippen molar-refractivity contribution in [2.45, 2.75) is 38.5 Å². The number of H-pyrrole nitrogens is 1. The normalized spacial score (nSPS) is 14.8. The van der Waals surface area contributed by atoms with E-state index in [4.69, 9.17) is 9.17 Å². The van der Waals surface area contributed by atoms with E-state index in [2.05, 4.69) is 28.1 Å². The van der Waals surface area contributed by atoms with E-state index in [0.717, 1.165) is 48.1 Å². The molecule has 6 nitrogen and oxygen atoms in total. The van der Waals surface area contributed by atoms with Gasteiger partial charge >= 0.3 is 0 Å². The van der Waals surface area contributed by atoms with E-state index in [9.17, 15) is 12.8 Å². The van der Waals surface area contributed by atoms with E-state index in [1.54, 1.807) is 12.1 Å². The minimum absolute atomic E-state index is 0.0527. The van der Waals surface area contributed by atoms with Gasteiger partial charge in [0.1, 0.15) is 11.1 Å². The van der Waals surface area contributed by atoms with Crippen LogP contribution in [0, 0.1) is 19.7 Å². The fraction of sp³-hybridized carbons (Fsp3) is 0.296. The standard InChI is InChI=1S/C27H28FN3O3S/c1-17-18(2)29-26-23(17)15-24(25(35(32,33)34-3)14-19-7-6-10-22(28)13-19)30-27(26)31-12-11-20-8-4-5-9-21(20)16-31/h4-10,13,15,25,29H,11-12,14,16H2,1-3H3. The van der Waals surface area contributed by atoms with Gasteiger partial charge in [-0.05, 0) is 67.1 Å². The molecule has 182 valence electrons. The van der Waals surface area contributed by atoms with Gasteiger partial charge in [0.2, 0.25) is 0 Å². The average molecular weight is 494 g/mol. The zero-order valence-electron chi connectivity index (χ0n) is 20.0. The van der Waals surface area contributed by atoms with Gasteiger partial charge in [-0.25, -0.2) is 9.37 Å². The minimum atomic E-state index is -4.01. The van der Waals surface area contributed by atoms with Crippen molar-refractivity contribution in [3.8, 4) is 0 Å². The van der Waals surface area contributed by atoms with Gasteiger partial charge in [0.25, 0.3) is 10.1 Å². The SMILES string of the molecule is COS(=O)(=O)C(Cc1cccc(F)c1)c1cc2c(C)c(C)[nH]c2c(N2CCc3ccccc3C2)n1. The Labute approximate surface area is 204 Å². The Balaban J connectivity index is 1.66. The molecule has 2 aromatic heterocycles. The van der Waals surface area contributed by atoms with Crippen molar-refractivity contribution in [3.63, 3.8) is 0 Å². The van der Waals surface area contributed by atoms with Crippen LogP contribution in [0.25, 0.3) is 10.9 Å². The van der Waals surface area contributed by atoms with Crippen molar-refractivity contribution < 1.29 is 17.0 Å². The molecule has 1 aliphatic heterocycles. The fourth-order valence-corrected chi connectivity index (χ4v) is 5.92. The van der Waals surface area contributed by atoms with E-state index in [0.29, 0.717) is 17.8 Å². The summed E-state index contributed by atoms with van der Waals surface area (Å²) >= 11 is 0. The van der Waals surface area contributed by atoms with Crippen molar-refractivity contribution in [2.24, 2.45) is 0 Å². The number of aromatic nitrogens is 2. The second kappa shape index (κ2) is 9.09. The van der Waals surface area contributed by atoms with E-state index >= 15 is 0 Å². The van der Waals surface area contributed by atoms with Crippen LogP contribution in [0.1, 0.15) is 38.9 Å². The molecule has 1 N–H and O–H groups in total. The number of aromatic amines is 1. The predicted molar refractivity (Wildman–Crippen MR) is 136 cm³/mol. The van der Waals surface area contributed by atoms with Crippen LogP contribution in [-0.4, -0.2) is 32.0 Å². The van der Waals surface area contributed by atoms with Gasteiger partial charge in [-0.3, -0.25) is 4.18 Å². The van der Waals surface area contributed by atoms with E-state index < -0.39 is 21.2 Å². The van der Waals surface area contributed by atoms with Crippen LogP contribution in [0.3, 0.4) is 0 Å². The molecule has 0 saturated heterocycles. The van der Waals surface area contributed by atoms with E-state index in [-0.39, 0.29) is 6.42 Å². The maximum Gasteiger partial charge on any atom is 0.276 e. The summed E-state index contributed by atoms with van der Waals surface area (Å²) in [5.41, 5.74) is 6.45. The molecule has 0 bridgehead atoms. The average Bonchev–Trinajstić information content (AvgIpc) is 3.15. The molecular weight excluding hydrogens is 465 g/mol. The van der Waals surface area contributed by atoms with Gasteiger partial charge < -0.3 is 9.88 Å². The summed E-state index contributed by atoms with van der Waals surface area (Å²) in [5.74, 6) is 0.308. The first kappa shape index (κ1) is 23.5.